The van der Waals surface area contributed by atoms with Gasteiger partial charge in [-0.2, -0.15) is 4.98 Å². The van der Waals surface area contributed by atoms with Crippen LogP contribution in [-0.2, 0) is 5.75 Å². The van der Waals surface area contributed by atoms with Crippen molar-refractivity contribution in [2.75, 3.05) is 5.73 Å². The third kappa shape index (κ3) is 3.04. The van der Waals surface area contributed by atoms with Gasteiger partial charge in [0.25, 0.3) is 0 Å². The Balaban J connectivity index is 2.02. The van der Waals surface area contributed by atoms with Crippen LogP contribution in [0.4, 0.5) is 5.69 Å². The van der Waals surface area contributed by atoms with Crippen molar-refractivity contribution in [3.05, 3.63) is 35.5 Å². The van der Waals surface area contributed by atoms with Crippen LogP contribution in [0.1, 0.15) is 37.0 Å². The highest BCUT2D eigenvalue weighted by Crippen LogP contribution is 2.28. The first-order chi connectivity index (χ1) is 8.56. The molecule has 0 unspecified atom stereocenters. The summed E-state index contributed by atoms with van der Waals surface area (Å²) < 4.78 is 5.16. The Morgan fingerprint density at radius 3 is 2.78 bits per heavy atom. The van der Waals surface area contributed by atoms with Crippen LogP contribution in [0.5, 0.6) is 0 Å². The van der Waals surface area contributed by atoms with E-state index in [9.17, 15) is 0 Å². The summed E-state index contributed by atoms with van der Waals surface area (Å²) in [4.78, 5) is 5.38. The van der Waals surface area contributed by atoms with E-state index in [1.54, 1.807) is 11.8 Å². The van der Waals surface area contributed by atoms with Crippen LogP contribution in [0.2, 0.25) is 0 Å². The van der Waals surface area contributed by atoms with Gasteiger partial charge in [-0.3, -0.25) is 0 Å². The van der Waals surface area contributed by atoms with Crippen LogP contribution >= 0.6 is 11.8 Å². The molecule has 0 bridgehead atoms. The zero-order valence-corrected chi connectivity index (χ0v) is 11.6. The van der Waals surface area contributed by atoms with Crippen LogP contribution in [-0.4, -0.2) is 10.1 Å². The molecule has 1 aromatic carbocycles. The molecule has 0 amide bonds. The molecule has 0 fully saturated rings. The summed E-state index contributed by atoms with van der Waals surface area (Å²) in [7, 11) is 0. The highest BCUT2D eigenvalue weighted by Gasteiger charge is 2.10. The van der Waals surface area contributed by atoms with Crippen molar-refractivity contribution in [1.29, 1.82) is 0 Å². The summed E-state index contributed by atoms with van der Waals surface area (Å²) >= 11 is 1.62. The fraction of sp³-hybridized carbons (Fsp3) is 0.385. The van der Waals surface area contributed by atoms with Gasteiger partial charge in [-0.25, -0.2) is 0 Å². The first-order valence-corrected chi connectivity index (χ1v) is 6.86. The lowest BCUT2D eigenvalue weighted by atomic mass is 10.2. The lowest BCUT2D eigenvalue weighted by Gasteiger charge is -2.04. The number of aryl methyl sites for hydroxylation is 1. The van der Waals surface area contributed by atoms with Crippen LogP contribution < -0.4 is 5.73 Å². The van der Waals surface area contributed by atoms with Gasteiger partial charge in [0, 0.05) is 16.5 Å². The Morgan fingerprint density at radius 1 is 1.39 bits per heavy atom. The molecule has 96 valence electrons. The van der Waals surface area contributed by atoms with E-state index in [2.05, 4.69) is 16.2 Å². The SMILES string of the molecule is Cc1ccc(SCc2noc(C(C)C)n2)c(N)c1. The molecule has 2 N–H and O–H groups in total. The smallest absolute Gasteiger partial charge is 0.229 e. The van der Waals surface area contributed by atoms with Gasteiger partial charge in [0.2, 0.25) is 5.89 Å². The molecule has 1 aromatic heterocycles. The van der Waals surface area contributed by atoms with Gasteiger partial charge in [0.1, 0.15) is 0 Å². The summed E-state index contributed by atoms with van der Waals surface area (Å²) in [5.41, 5.74) is 7.92. The van der Waals surface area contributed by atoms with E-state index in [0.29, 0.717) is 17.5 Å². The zero-order chi connectivity index (χ0) is 13.1. The Labute approximate surface area is 111 Å². The molecular formula is C13H17N3OS. The Morgan fingerprint density at radius 2 is 2.17 bits per heavy atom. The van der Waals surface area contributed by atoms with E-state index < -0.39 is 0 Å². The van der Waals surface area contributed by atoms with Crippen molar-refractivity contribution in [1.82, 2.24) is 10.1 Å². The van der Waals surface area contributed by atoms with Gasteiger partial charge in [0.05, 0.1) is 5.75 Å². The minimum atomic E-state index is 0.265. The molecule has 0 spiro atoms. The van der Waals surface area contributed by atoms with Gasteiger partial charge in [0.15, 0.2) is 5.82 Å². The predicted octanol–water partition coefficient (Wildman–Crippen LogP) is 3.38. The number of hydrogen-bond acceptors (Lipinski definition) is 5. The summed E-state index contributed by atoms with van der Waals surface area (Å²) in [5.74, 6) is 2.33. The minimum Gasteiger partial charge on any atom is -0.398 e. The molecular weight excluding hydrogens is 246 g/mol. The van der Waals surface area contributed by atoms with Crippen molar-refractivity contribution in [3.63, 3.8) is 0 Å². The van der Waals surface area contributed by atoms with Gasteiger partial charge in [-0.05, 0) is 24.6 Å². The van der Waals surface area contributed by atoms with Crippen molar-refractivity contribution >= 4 is 17.4 Å². The third-order valence-corrected chi connectivity index (χ3v) is 3.59. The molecule has 5 heteroatoms. The van der Waals surface area contributed by atoms with Gasteiger partial charge in [-0.1, -0.05) is 25.1 Å². The Kier molecular flexibility index (Phi) is 3.91. The van der Waals surface area contributed by atoms with Crippen LogP contribution in [0.15, 0.2) is 27.6 Å². The second-order valence-electron chi connectivity index (χ2n) is 4.53. The maximum Gasteiger partial charge on any atom is 0.229 e. The fourth-order valence-corrected chi connectivity index (χ4v) is 2.29. The van der Waals surface area contributed by atoms with E-state index >= 15 is 0 Å². The average molecular weight is 263 g/mol. The molecule has 4 nitrogen and oxygen atoms in total. The normalized spacial score (nSPS) is 11.1. The van der Waals surface area contributed by atoms with Gasteiger partial charge in [-0.15, -0.1) is 11.8 Å². The monoisotopic (exact) mass is 263 g/mol. The molecule has 0 radical (unpaired) electrons. The van der Waals surface area contributed by atoms with E-state index in [0.717, 1.165) is 10.6 Å². The molecule has 0 saturated heterocycles. The Hall–Kier alpha value is -1.49. The predicted molar refractivity (Wildman–Crippen MR) is 73.5 cm³/mol. The second kappa shape index (κ2) is 5.44. The number of hydrogen-bond donors (Lipinski definition) is 1. The van der Waals surface area contributed by atoms with Crippen molar-refractivity contribution in [2.24, 2.45) is 0 Å². The number of anilines is 1. The third-order valence-electron chi connectivity index (χ3n) is 2.50. The molecule has 18 heavy (non-hydrogen) atoms. The highest BCUT2D eigenvalue weighted by atomic mass is 32.2. The van der Waals surface area contributed by atoms with Crippen molar-refractivity contribution < 1.29 is 4.52 Å². The van der Waals surface area contributed by atoms with Crippen LogP contribution in [0, 0.1) is 6.92 Å². The molecule has 0 saturated carbocycles. The topological polar surface area (TPSA) is 64.9 Å². The zero-order valence-electron chi connectivity index (χ0n) is 10.8. The van der Waals surface area contributed by atoms with Gasteiger partial charge >= 0.3 is 0 Å². The standard InChI is InChI=1S/C13H17N3OS/c1-8(2)13-15-12(16-17-13)7-18-11-5-4-9(3)6-10(11)14/h4-6,8H,7,14H2,1-3H3. The summed E-state index contributed by atoms with van der Waals surface area (Å²) in [5, 5.41) is 3.95. The number of benzene rings is 1. The number of thioether (sulfide) groups is 1. The number of nitrogens with zero attached hydrogens (tertiary/aromatic N) is 2. The molecule has 2 aromatic rings. The number of aromatic nitrogens is 2. The van der Waals surface area contributed by atoms with E-state index in [1.165, 1.54) is 5.56 Å². The quantitative estimate of drug-likeness (QED) is 0.676. The first-order valence-electron chi connectivity index (χ1n) is 5.87. The van der Waals surface area contributed by atoms with Crippen molar-refractivity contribution in [3.8, 4) is 0 Å². The van der Waals surface area contributed by atoms with Crippen molar-refractivity contribution in [2.45, 2.75) is 37.3 Å². The summed E-state index contributed by atoms with van der Waals surface area (Å²) in [6.45, 7) is 6.09. The highest BCUT2D eigenvalue weighted by molar-refractivity contribution is 7.98. The fourth-order valence-electron chi connectivity index (χ4n) is 1.50. The lowest BCUT2D eigenvalue weighted by Crippen LogP contribution is -1.91. The van der Waals surface area contributed by atoms with Crippen LogP contribution in [0.3, 0.4) is 0 Å². The number of rotatable bonds is 4. The second-order valence-corrected chi connectivity index (χ2v) is 5.55. The molecule has 2 rings (SSSR count). The van der Waals surface area contributed by atoms with E-state index in [4.69, 9.17) is 10.3 Å². The Bertz CT molecular complexity index is 537. The largest absolute Gasteiger partial charge is 0.398 e. The molecule has 0 atom stereocenters. The molecule has 0 aliphatic heterocycles. The molecule has 0 aliphatic rings. The van der Waals surface area contributed by atoms with Gasteiger partial charge < -0.3 is 10.3 Å². The first kappa shape index (κ1) is 13.0. The number of nitrogens with two attached hydrogens (primary N) is 1. The summed E-state index contributed by atoms with van der Waals surface area (Å²) in [6.07, 6.45) is 0. The summed E-state index contributed by atoms with van der Waals surface area (Å²) in [6, 6.07) is 6.05. The number of nitrogen functional groups attached to an aromatic ring is 1. The maximum atomic E-state index is 5.95. The molecule has 1 heterocycles. The molecule has 0 aliphatic carbocycles. The average Bonchev–Trinajstić information content (AvgIpc) is 2.76. The van der Waals surface area contributed by atoms with E-state index in [1.807, 2.05) is 32.9 Å². The maximum absolute atomic E-state index is 5.95. The minimum absolute atomic E-state index is 0.265. The lowest BCUT2D eigenvalue weighted by molar-refractivity contribution is 0.362. The van der Waals surface area contributed by atoms with E-state index in [-0.39, 0.29) is 5.92 Å². The van der Waals surface area contributed by atoms with Crippen LogP contribution in [0.25, 0.3) is 0 Å².